The molecule has 1 atom stereocenters. The number of pyridine rings is 1. The number of amides is 1. The summed E-state index contributed by atoms with van der Waals surface area (Å²) >= 11 is 0. The van der Waals surface area contributed by atoms with Crippen LogP contribution >= 0.6 is 0 Å². The molecule has 0 aromatic carbocycles. The molecule has 88 valence electrons. The standard InChI is InChI=1S/C12H18N2O2/c1-4-9(3)14-12(15)10-6-7-11(13-8-10)16-5-2/h6-9H,4-5H2,1-3H3,(H,14,15). The minimum Gasteiger partial charge on any atom is -0.478 e. The second kappa shape index (κ2) is 6.10. The van der Waals surface area contributed by atoms with Crippen LogP contribution in [0.15, 0.2) is 18.3 Å². The molecule has 1 aromatic heterocycles. The Hall–Kier alpha value is -1.58. The molecular weight excluding hydrogens is 204 g/mol. The Labute approximate surface area is 96.0 Å². The SMILES string of the molecule is CCOc1ccc(C(=O)NC(C)CC)cn1. The van der Waals surface area contributed by atoms with Crippen LogP contribution in [0.2, 0.25) is 0 Å². The third-order valence-electron chi connectivity index (χ3n) is 2.28. The van der Waals surface area contributed by atoms with Crippen molar-refractivity contribution in [3.05, 3.63) is 23.9 Å². The van der Waals surface area contributed by atoms with Gasteiger partial charge in [-0.25, -0.2) is 4.98 Å². The number of nitrogens with one attached hydrogen (secondary N) is 1. The molecule has 4 nitrogen and oxygen atoms in total. The molecule has 0 aliphatic heterocycles. The number of nitrogens with zero attached hydrogens (tertiary/aromatic N) is 1. The van der Waals surface area contributed by atoms with Crippen molar-refractivity contribution < 1.29 is 9.53 Å². The van der Waals surface area contributed by atoms with Crippen LogP contribution in [-0.4, -0.2) is 23.5 Å². The number of hydrogen-bond acceptors (Lipinski definition) is 3. The Morgan fingerprint density at radius 2 is 2.25 bits per heavy atom. The van der Waals surface area contributed by atoms with E-state index in [2.05, 4.69) is 10.3 Å². The lowest BCUT2D eigenvalue weighted by Gasteiger charge is -2.11. The zero-order valence-corrected chi connectivity index (χ0v) is 9.99. The molecule has 1 N–H and O–H groups in total. The van der Waals surface area contributed by atoms with Crippen LogP contribution in [-0.2, 0) is 0 Å². The smallest absolute Gasteiger partial charge is 0.253 e. The summed E-state index contributed by atoms with van der Waals surface area (Å²) in [6.45, 7) is 6.47. The Bertz CT molecular complexity index is 335. The van der Waals surface area contributed by atoms with Gasteiger partial charge in [0.15, 0.2) is 0 Å². The summed E-state index contributed by atoms with van der Waals surface area (Å²) in [5.41, 5.74) is 0.559. The van der Waals surface area contributed by atoms with Crippen molar-refractivity contribution in [2.45, 2.75) is 33.2 Å². The van der Waals surface area contributed by atoms with Crippen molar-refractivity contribution in [1.82, 2.24) is 10.3 Å². The predicted molar refractivity (Wildman–Crippen MR) is 62.6 cm³/mol. The molecule has 1 rings (SSSR count). The van der Waals surface area contributed by atoms with Gasteiger partial charge in [0.2, 0.25) is 5.88 Å². The van der Waals surface area contributed by atoms with E-state index in [4.69, 9.17) is 4.74 Å². The van der Waals surface area contributed by atoms with E-state index < -0.39 is 0 Å². The van der Waals surface area contributed by atoms with Crippen LogP contribution < -0.4 is 10.1 Å². The maximum absolute atomic E-state index is 11.7. The topological polar surface area (TPSA) is 51.2 Å². The molecule has 0 saturated heterocycles. The van der Waals surface area contributed by atoms with Crippen LogP contribution in [0.25, 0.3) is 0 Å². The summed E-state index contributed by atoms with van der Waals surface area (Å²) in [6.07, 6.45) is 2.44. The number of aromatic nitrogens is 1. The summed E-state index contributed by atoms with van der Waals surface area (Å²) in [4.78, 5) is 15.7. The minimum atomic E-state index is -0.0927. The molecule has 1 unspecified atom stereocenters. The second-order valence-corrected chi connectivity index (χ2v) is 3.60. The van der Waals surface area contributed by atoms with Crippen LogP contribution in [0.4, 0.5) is 0 Å². The van der Waals surface area contributed by atoms with Gasteiger partial charge in [-0.3, -0.25) is 4.79 Å². The van der Waals surface area contributed by atoms with Crippen molar-refractivity contribution >= 4 is 5.91 Å². The van der Waals surface area contributed by atoms with Crippen molar-refractivity contribution in [2.24, 2.45) is 0 Å². The zero-order chi connectivity index (χ0) is 12.0. The molecule has 0 fully saturated rings. The monoisotopic (exact) mass is 222 g/mol. The van der Waals surface area contributed by atoms with Crippen LogP contribution in [0.1, 0.15) is 37.6 Å². The van der Waals surface area contributed by atoms with Gasteiger partial charge in [-0.2, -0.15) is 0 Å². The van der Waals surface area contributed by atoms with Gasteiger partial charge < -0.3 is 10.1 Å². The van der Waals surface area contributed by atoms with Crippen LogP contribution in [0.5, 0.6) is 5.88 Å². The summed E-state index contributed by atoms with van der Waals surface area (Å²) < 4.78 is 5.20. The quantitative estimate of drug-likeness (QED) is 0.829. The number of carbonyl (C=O) groups is 1. The molecule has 1 aromatic rings. The van der Waals surface area contributed by atoms with Gasteiger partial charge in [0, 0.05) is 18.3 Å². The molecule has 16 heavy (non-hydrogen) atoms. The first-order valence-electron chi connectivity index (χ1n) is 5.57. The predicted octanol–water partition coefficient (Wildman–Crippen LogP) is 2.01. The molecule has 0 aliphatic rings. The molecule has 0 spiro atoms. The van der Waals surface area contributed by atoms with Crippen molar-refractivity contribution in [2.75, 3.05) is 6.61 Å². The first kappa shape index (κ1) is 12.5. The molecular formula is C12H18N2O2. The maximum atomic E-state index is 11.7. The van der Waals surface area contributed by atoms with E-state index in [0.29, 0.717) is 18.1 Å². The summed E-state index contributed by atoms with van der Waals surface area (Å²) in [6, 6.07) is 3.60. The van der Waals surface area contributed by atoms with E-state index >= 15 is 0 Å². The van der Waals surface area contributed by atoms with Gasteiger partial charge in [-0.1, -0.05) is 6.92 Å². The third-order valence-corrected chi connectivity index (χ3v) is 2.28. The number of carbonyl (C=O) groups excluding carboxylic acids is 1. The lowest BCUT2D eigenvalue weighted by molar-refractivity contribution is 0.0939. The number of hydrogen-bond donors (Lipinski definition) is 1. The highest BCUT2D eigenvalue weighted by molar-refractivity contribution is 5.94. The van der Waals surface area contributed by atoms with Crippen LogP contribution in [0.3, 0.4) is 0 Å². The summed E-state index contributed by atoms with van der Waals surface area (Å²) in [5, 5.41) is 2.88. The Balaban J connectivity index is 2.63. The van der Waals surface area contributed by atoms with Gasteiger partial charge >= 0.3 is 0 Å². The zero-order valence-electron chi connectivity index (χ0n) is 9.99. The van der Waals surface area contributed by atoms with E-state index in [0.717, 1.165) is 6.42 Å². The van der Waals surface area contributed by atoms with Gasteiger partial charge in [-0.15, -0.1) is 0 Å². The van der Waals surface area contributed by atoms with E-state index in [9.17, 15) is 4.79 Å². The van der Waals surface area contributed by atoms with Crippen molar-refractivity contribution in [3.8, 4) is 5.88 Å². The fraction of sp³-hybridized carbons (Fsp3) is 0.500. The molecule has 0 saturated carbocycles. The fourth-order valence-corrected chi connectivity index (χ4v) is 1.16. The third kappa shape index (κ3) is 3.53. The Morgan fingerprint density at radius 1 is 1.50 bits per heavy atom. The van der Waals surface area contributed by atoms with E-state index in [1.807, 2.05) is 20.8 Å². The average Bonchev–Trinajstić information content (AvgIpc) is 2.30. The Kier molecular flexibility index (Phi) is 4.76. The van der Waals surface area contributed by atoms with Crippen molar-refractivity contribution in [1.29, 1.82) is 0 Å². The first-order chi connectivity index (χ1) is 7.67. The summed E-state index contributed by atoms with van der Waals surface area (Å²) in [7, 11) is 0. The molecule has 1 amide bonds. The molecule has 0 radical (unpaired) electrons. The molecule has 0 bridgehead atoms. The average molecular weight is 222 g/mol. The lowest BCUT2D eigenvalue weighted by Crippen LogP contribution is -2.31. The maximum Gasteiger partial charge on any atom is 0.253 e. The minimum absolute atomic E-state index is 0.0927. The molecule has 4 heteroatoms. The fourth-order valence-electron chi connectivity index (χ4n) is 1.16. The molecule has 1 heterocycles. The van der Waals surface area contributed by atoms with Gasteiger partial charge in [0.25, 0.3) is 5.91 Å². The highest BCUT2D eigenvalue weighted by Crippen LogP contribution is 2.07. The normalized spacial score (nSPS) is 11.9. The second-order valence-electron chi connectivity index (χ2n) is 3.60. The number of rotatable bonds is 5. The van der Waals surface area contributed by atoms with E-state index in [-0.39, 0.29) is 11.9 Å². The molecule has 0 aliphatic carbocycles. The van der Waals surface area contributed by atoms with Crippen LogP contribution in [0, 0.1) is 0 Å². The van der Waals surface area contributed by atoms with Gasteiger partial charge in [-0.05, 0) is 26.3 Å². The largest absolute Gasteiger partial charge is 0.478 e. The highest BCUT2D eigenvalue weighted by Gasteiger charge is 2.08. The van der Waals surface area contributed by atoms with E-state index in [1.165, 1.54) is 6.20 Å². The van der Waals surface area contributed by atoms with Gasteiger partial charge in [0.1, 0.15) is 0 Å². The Morgan fingerprint density at radius 3 is 2.75 bits per heavy atom. The summed E-state index contributed by atoms with van der Waals surface area (Å²) in [5.74, 6) is 0.451. The van der Waals surface area contributed by atoms with Crippen molar-refractivity contribution in [3.63, 3.8) is 0 Å². The lowest BCUT2D eigenvalue weighted by atomic mass is 10.2. The van der Waals surface area contributed by atoms with Gasteiger partial charge in [0.05, 0.1) is 12.2 Å². The number of ether oxygens (including phenoxy) is 1. The first-order valence-corrected chi connectivity index (χ1v) is 5.57. The van der Waals surface area contributed by atoms with E-state index in [1.54, 1.807) is 12.1 Å². The highest BCUT2D eigenvalue weighted by atomic mass is 16.5.